The van der Waals surface area contributed by atoms with Crippen LogP contribution in [0.5, 0.6) is 0 Å². The van der Waals surface area contributed by atoms with Crippen LogP contribution in [-0.4, -0.2) is 32.3 Å². The van der Waals surface area contributed by atoms with Gasteiger partial charge in [-0.05, 0) is 57.2 Å². The Morgan fingerprint density at radius 1 is 1.28 bits per heavy atom. The molecule has 0 spiro atoms. The number of thioether (sulfide) groups is 1. The number of hydrogen-bond acceptors (Lipinski definition) is 7. The predicted octanol–water partition coefficient (Wildman–Crippen LogP) is 4.81. The summed E-state index contributed by atoms with van der Waals surface area (Å²) in [4.78, 5) is 26.6. The number of anilines is 1. The maximum absolute atomic E-state index is 12.7. The van der Waals surface area contributed by atoms with Crippen LogP contribution >= 0.6 is 23.1 Å². The van der Waals surface area contributed by atoms with E-state index in [9.17, 15) is 14.9 Å². The van der Waals surface area contributed by atoms with Gasteiger partial charge in [0.15, 0.2) is 11.0 Å². The quantitative estimate of drug-likeness (QED) is 0.309. The van der Waals surface area contributed by atoms with Crippen molar-refractivity contribution >= 4 is 39.9 Å². The Labute approximate surface area is 218 Å². The molecule has 0 aliphatic heterocycles. The molecule has 2 heterocycles. The molecule has 3 aromatic rings. The lowest BCUT2D eigenvalue weighted by Gasteiger charge is -2.15. The molecule has 186 valence electrons. The van der Waals surface area contributed by atoms with Gasteiger partial charge in [-0.25, -0.2) is 0 Å². The number of carbonyl (C=O) groups excluding carboxylic acids is 2. The number of nitrogens with zero attached hydrogens (tertiary/aromatic N) is 4. The lowest BCUT2D eigenvalue weighted by atomic mass is 9.96. The summed E-state index contributed by atoms with van der Waals surface area (Å²) < 4.78 is 1.84. The van der Waals surface area contributed by atoms with Gasteiger partial charge < -0.3 is 15.2 Å². The van der Waals surface area contributed by atoms with Gasteiger partial charge in [0.05, 0.1) is 17.4 Å². The fourth-order valence-corrected chi connectivity index (χ4v) is 6.15. The van der Waals surface area contributed by atoms with Gasteiger partial charge in [0.2, 0.25) is 5.91 Å². The molecule has 36 heavy (non-hydrogen) atoms. The van der Waals surface area contributed by atoms with Crippen molar-refractivity contribution in [2.75, 3.05) is 11.1 Å². The normalized spacial score (nSPS) is 13.4. The highest BCUT2D eigenvalue weighted by Crippen LogP contribution is 2.37. The third kappa shape index (κ3) is 5.69. The number of fused-ring (bicyclic) bond motifs is 1. The van der Waals surface area contributed by atoms with Gasteiger partial charge in [0.25, 0.3) is 5.91 Å². The van der Waals surface area contributed by atoms with Crippen LogP contribution in [0, 0.1) is 18.3 Å². The minimum absolute atomic E-state index is 0.118. The molecule has 2 N–H and O–H groups in total. The first kappa shape index (κ1) is 25.7. The summed E-state index contributed by atoms with van der Waals surface area (Å²) in [5.74, 6) is 0.296. The van der Waals surface area contributed by atoms with Gasteiger partial charge >= 0.3 is 0 Å². The monoisotopic (exact) mass is 520 g/mol. The SMILES string of the molecule is C=CCn1c(SCC(=O)Nc2sc3c(c2C#N)CCCC3)nnc1[C@@H](C)NC(=O)c1ccc(C)cc1. The summed E-state index contributed by atoms with van der Waals surface area (Å²) in [6.07, 6.45) is 5.78. The second-order valence-corrected chi connectivity index (χ2v) is 10.7. The lowest BCUT2D eigenvalue weighted by Crippen LogP contribution is -2.28. The van der Waals surface area contributed by atoms with Crippen LogP contribution in [0.3, 0.4) is 0 Å². The highest BCUT2D eigenvalue weighted by Gasteiger charge is 2.23. The number of amides is 2. The van der Waals surface area contributed by atoms with E-state index in [1.807, 2.05) is 30.5 Å². The minimum Gasteiger partial charge on any atom is -0.342 e. The van der Waals surface area contributed by atoms with E-state index in [2.05, 4.69) is 33.5 Å². The summed E-state index contributed by atoms with van der Waals surface area (Å²) in [6, 6.07) is 9.23. The van der Waals surface area contributed by atoms with Crippen molar-refractivity contribution in [3.8, 4) is 6.07 Å². The molecule has 1 aliphatic rings. The highest BCUT2D eigenvalue weighted by atomic mass is 32.2. The van der Waals surface area contributed by atoms with E-state index in [0.29, 0.717) is 33.7 Å². The topological polar surface area (TPSA) is 113 Å². The third-order valence-corrected chi connectivity index (χ3v) is 8.15. The molecule has 2 amide bonds. The molecular formula is C26H28N6O2S2. The first-order valence-corrected chi connectivity index (χ1v) is 13.6. The van der Waals surface area contributed by atoms with Crippen LogP contribution in [0.2, 0.25) is 0 Å². The second-order valence-electron chi connectivity index (χ2n) is 8.66. The molecule has 2 aromatic heterocycles. The van der Waals surface area contributed by atoms with Crippen molar-refractivity contribution in [2.45, 2.75) is 57.3 Å². The largest absolute Gasteiger partial charge is 0.342 e. The van der Waals surface area contributed by atoms with Crippen LogP contribution < -0.4 is 10.6 Å². The van der Waals surface area contributed by atoms with Crippen LogP contribution in [-0.2, 0) is 24.2 Å². The van der Waals surface area contributed by atoms with Gasteiger partial charge in [-0.15, -0.1) is 28.1 Å². The summed E-state index contributed by atoms with van der Waals surface area (Å²) in [7, 11) is 0. The smallest absolute Gasteiger partial charge is 0.251 e. The molecule has 1 atom stereocenters. The maximum Gasteiger partial charge on any atom is 0.251 e. The highest BCUT2D eigenvalue weighted by molar-refractivity contribution is 7.99. The molecule has 0 saturated heterocycles. The Hall–Kier alpha value is -3.42. The molecule has 10 heteroatoms. The third-order valence-electron chi connectivity index (χ3n) is 5.97. The molecule has 0 bridgehead atoms. The molecule has 0 unspecified atom stereocenters. The van der Waals surface area contributed by atoms with Crippen LogP contribution in [0.15, 0.2) is 42.1 Å². The maximum atomic E-state index is 12.7. The minimum atomic E-state index is -0.398. The predicted molar refractivity (Wildman–Crippen MR) is 142 cm³/mol. The van der Waals surface area contributed by atoms with E-state index < -0.39 is 6.04 Å². The summed E-state index contributed by atoms with van der Waals surface area (Å²) in [5, 5.41) is 25.2. The lowest BCUT2D eigenvalue weighted by molar-refractivity contribution is -0.113. The summed E-state index contributed by atoms with van der Waals surface area (Å²) >= 11 is 2.77. The van der Waals surface area contributed by atoms with E-state index in [0.717, 1.165) is 36.8 Å². The Balaban J connectivity index is 1.42. The van der Waals surface area contributed by atoms with Gasteiger partial charge in [-0.1, -0.05) is 35.5 Å². The van der Waals surface area contributed by atoms with Crippen molar-refractivity contribution in [3.63, 3.8) is 0 Å². The van der Waals surface area contributed by atoms with E-state index in [1.54, 1.807) is 18.2 Å². The van der Waals surface area contributed by atoms with Crippen LogP contribution in [0.25, 0.3) is 0 Å². The van der Waals surface area contributed by atoms with Crippen LogP contribution in [0.1, 0.15) is 63.6 Å². The first-order chi connectivity index (χ1) is 17.4. The molecule has 0 fully saturated rings. The van der Waals surface area contributed by atoms with Crippen LogP contribution in [0.4, 0.5) is 5.00 Å². The van der Waals surface area contributed by atoms with E-state index in [-0.39, 0.29) is 17.6 Å². The second kappa shape index (κ2) is 11.5. The number of carbonyl (C=O) groups is 2. The average molecular weight is 521 g/mol. The zero-order valence-electron chi connectivity index (χ0n) is 20.3. The Morgan fingerprint density at radius 3 is 2.75 bits per heavy atom. The molecule has 8 nitrogen and oxygen atoms in total. The molecule has 4 rings (SSSR count). The van der Waals surface area contributed by atoms with E-state index in [4.69, 9.17) is 0 Å². The number of nitriles is 1. The number of rotatable bonds is 9. The number of thiophene rings is 1. The fraction of sp³-hybridized carbons (Fsp3) is 0.346. The van der Waals surface area contributed by atoms with Gasteiger partial charge in [0.1, 0.15) is 11.1 Å². The van der Waals surface area contributed by atoms with E-state index >= 15 is 0 Å². The number of benzene rings is 1. The number of hydrogen-bond donors (Lipinski definition) is 2. The zero-order valence-corrected chi connectivity index (χ0v) is 22.0. The molecular weight excluding hydrogens is 492 g/mol. The summed E-state index contributed by atoms with van der Waals surface area (Å²) in [5.41, 5.74) is 3.34. The number of nitrogens with one attached hydrogen (secondary N) is 2. The average Bonchev–Trinajstić information content (AvgIpc) is 3.43. The Kier molecular flexibility index (Phi) is 8.23. The van der Waals surface area contributed by atoms with Crippen molar-refractivity contribution in [1.29, 1.82) is 5.26 Å². The van der Waals surface area contributed by atoms with Gasteiger partial charge in [-0.3, -0.25) is 9.59 Å². The van der Waals surface area contributed by atoms with Gasteiger partial charge in [-0.2, -0.15) is 5.26 Å². The Morgan fingerprint density at radius 2 is 2.03 bits per heavy atom. The molecule has 0 radical (unpaired) electrons. The van der Waals surface area contributed by atoms with Gasteiger partial charge in [0, 0.05) is 17.0 Å². The van der Waals surface area contributed by atoms with E-state index in [1.165, 1.54) is 28.0 Å². The molecule has 0 saturated carbocycles. The zero-order chi connectivity index (χ0) is 25.7. The number of aryl methyl sites for hydroxylation is 2. The first-order valence-electron chi connectivity index (χ1n) is 11.8. The van der Waals surface area contributed by atoms with Crippen molar-refractivity contribution in [2.24, 2.45) is 0 Å². The van der Waals surface area contributed by atoms with Crippen molar-refractivity contribution < 1.29 is 9.59 Å². The number of allylic oxidation sites excluding steroid dienone is 1. The van der Waals surface area contributed by atoms with Crippen molar-refractivity contribution in [3.05, 3.63) is 69.9 Å². The standard InChI is InChI=1S/C26H28N6O2S2/c1-4-13-32-23(17(3)28-24(34)18-11-9-16(2)10-12-18)30-31-26(32)35-15-22(33)29-25-20(14-27)19-7-5-6-8-21(19)36-25/h4,9-12,17H,1,5-8,13,15H2,2-3H3,(H,28,34)(H,29,33)/t17-/m1/s1. The van der Waals surface area contributed by atoms with Crippen molar-refractivity contribution in [1.82, 2.24) is 20.1 Å². The summed E-state index contributed by atoms with van der Waals surface area (Å²) in [6.45, 7) is 8.07. The number of aromatic nitrogens is 3. The molecule has 1 aliphatic carbocycles. The fourth-order valence-electron chi connectivity index (χ4n) is 4.14. The molecule has 1 aromatic carbocycles. The Bertz CT molecular complexity index is 1320.